The van der Waals surface area contributed by atoms with E-state index in [0.29, 0.717) is 0 Å². The number of nitrogens with two attached hydrogens (primary N) is 1. The van der Waals surface area contributed by atoms with Gasteiger partial charge in [0.05, 0.1) is 0 Å². The molecule has 1 aromatic rings. The highest BCUT2D eigenvalue weighted by Gasteiger charge is 2.37. The van der Waals surface area contributed by atoms with Gasteiger partial charge in [-0.2, -0.15) is 0 Å². The van der Waals surface area contributed by atoms with Gasteiger partial charge in [0.15, 0.2) is 0 Å². The van der Waals surface area contributed by atoms with Gasteiger partial charge in [-0.15, -0.1) is 0 Å². The molecule has 1 aromatic carbocycles. The average molecular weight is 236 g/mol. The third-order valence-electron chi connectivity index (χ3n) is 4.06. The number of benzene rings is 1. The fourth-order valence-corrected chi connectivity index (χ4v) is 3.04. The van der Waals surface area contributed by atoms with Crippen LogP contribution >= 0.6 is 11.6 Å². The Bertz CT molecular complexity index is 421. The Morgan fingerprint density at radius 3 is 2.81 bits per heavy atom. The first kappa shape index (κ1) is 10.6. The zero-order valence-electron chi connectivity index (χ0n) is 9.56. The molecule has 1 fully saturated rings. The fourth-order valence-electron chi connectivity index (χ4n) is 2.77. The van der Waals surface area contributed by atoms with Crippen molar-refractivity contribution < 1.29 is 0 Å². The molecule has 1 nitrogen and oxygen atoms in total. The van der Waals surface area contributed by atoms with Crippen molar-refractivity contribution in [3.05, 3.63) is 33.8 Å². The minimum atomic E-state index is 0.161. The number of hydrogen-bond acceptors (Lipinski definition) is 1. The second-order valence-corrected chi connectivity index (χ2v) is 5.85. The Morgan fingerprint density at radius 1 is 1.25 bits per heavy atom. The van der Waals surface area contributed by atoms with Gasteiger partial charge in [0.1, 0.15) is 0 Å². The summed E-state index contributed by atoms with van der Waals surface area (Å²) in [5.74, 6) is 0. The molecule has 2 heteroatoms. The minimum absolute atomic E-state index is 0.161. The molecule has 1 saturated carbocycles. The van der Waals surface area contributed by atoms with Gasteiger partial charge in [0, 0.05) is 10.6 Å². The third kappa shape index (κ3) is 1.99. The number of halogens is 1. The van der Waals surface area contributed by atoms with Gasteiger partial charge < -0.3 is 5.73 Å². The van der Waals surface area contributed by atoms with Crippen LogP contribution in [-0.4, -0.2) is 5.54 Å². The van der Waals surface area contributed by atoms with Gasteiger partial charge in [0.2, 0.25) is 0 Å². The highest BCUT2D eigenvalue weighted by Crippen LogP contribution is 2.38. The van der Waals surface area contributed by atoms with Crippen LogP contribution in [0.3, 0.4) is 0 Å². The SMILES string of the molecule is NC1(CCc2cc(Cl)cc3c2CCC3)CC1. The highest BCUT2D eigenvalue weighted by molar-refractivity contribution is 6.30. The van der Waals surface area contributed by atoms with E-state index in [1.165, 1.54) is 43.2 Å². The zero-order chi connectivity index (χ0) is 11.2. The Kier molecular flexibility index (Phi) is 2.49. The zero-order valence-corrected chi connectivity index (χ0v) is 10.3. The normalized spacial score (nSPS) is 20.9. The third-order valence-corrected chi connectivity index (χ3v) is 4.28. The van der Waals surface area contributed by atoms with E-state index in [-0.39, 0.29) is 5.54 Å². The Balaban J connectivity index is 1.82. The van der Waals surface area contributed by atoms with Crippen LogP contribution in [0.4, 0.5) is 0 Å². The van der Waals surface area contributed by atoms with Crippen molar-refractivity contribution >= 4 is 11.6 Å². The van der Waals surface area contributed by atoms with Crippen LogP contribution in [0.1, 0.15) is 42.4 Å². The summed E-state index contributed by atoms with van der Waals surface area (Å²) < 4.78 is 0. The van der Waals surface area contributed by atoms with Crippen LogP contribution in [0.25, 0.3) is 0 Å². The number of fused-ring (bicyclic) bond motifs is 1. The number of hydrogen-bond donors (Lipinski definition) is 1. The molecule has 86 valence electrons. The lowest BCUT2D eigenvalue weighted by Crippen LogP contribution is -2.22. The smallest absolute Gasteiger partial charge is 0.0411 e. The summed E-state index contributed by atoms with van der Waals surface area (Å²) in [6.45, 7) is 0. The summed E-state index contributed by atoms with van der Waals surface area (Å²) in [5, 5.41) is 0.900. The molecule has 0 amide bonds. The molecule has 0 heterocycles. The number of rotatable bonds is 3. The Hall–Kier alpha value is -0.530. The maximum absolute atomic E-state index is 6.16. The molecule has 0 aliphatic heterocycles. The van der Waals surface area contributed by atoms with Gasteiger partial charge in [-0.05, 0) is 73.8 Å². The van der Waals surface area contributed by atoms with Crippen molar-refractivity contribution in [2.75, 3.05) is 0 Å². The second kappa shape index (κ2) is 3.75. The molecule has 16 heavy (non-hydrogen) atoms. The van der Waals surface area contributed by atoms with Crippen LogP contribution in [0.2, 0.25) is 5.02 Å². The van der Waals surface area contributed by atoms with Crippen LogP contribution in [0.15, 0.2) is 12.1 Å². The van der Waals surface area contributed by atoms with Gasteiger partial charge >= 0.3 is 0 Å². The first-order valence-corrected chi connectivity index (χ1v) is 6.63. The van der Waals surface area contributed by atoms with E-state index in [1.807, 2.05) is 0 Å². The van der Waals surface area contributed by atoms with E-state index in [2.05, 4.69) is 12.1 Å². The second-order valence-electron chi connectivity index (χ2n) is 5.42. The molecule has 0 spiro atoms. The molecule has 0 aromatic heterocycles. The average Bonchev–Trinajstić information content (AvgIpc) is 2.79. The quantitative estimate of drug-likeness (QED) is 0.855. The van der Waals surface area contributed by atoms with Crippen molar-refractivity contribution in [3.8, 4) is 0 Å². The summed E-state index contributed by atoms with van der Waals surface area (Å²) in [6, 6.07) is 4.29. The van der Waals surface area contributed by atoms with E-state index in [1.54, 1.807) is 5.56 Å². The lowest BCUT2D eigenvalue weighted by molar-refractivity contribution is 0.607. The van der Waals surface area contributed by atoms with E-state index in [9.17, 15) is 0 Å². The monoisotopic (exact) mass is 235 g/mol. The predicted molar refractivity (Wildman–Crippen MR) is 68.0 cm³/mol. The van der Waals surface area contributed by atoms with Crippen molar-refractivity contribution in [1.29, 1.82) is 0 Å². The summed E-state index contributed by atoms with van der Waals surface area (Å²) in [4.78, 5) is 0. The fraction of sp³-hybridized carbons (Fsp3) is 0.571. The maximum atomic E-state index is 6.16. The highest BCUT2D eigenvalue weighted by atomic mass is 35.5. The van der Waals surface area contributed by atoms with E-state index >= 15 is 0 Å². The first-order chi connectivity index (χ1) is 7.66. The van der Waals surface area contributed by atoms with Crippen molar-refractivity contribution in [3.63, 3.8) is 0 Å². The molecule has 0 atom stereocenters. The summed E-state index contributed by atoms with van der Waals surface area (Å²) in [7, 11) is 0. The van der Waals surface area contributed by atoms with Crippen LogP contribution in [0, 0.1) is 0 Å². The van der Waals surface area contributed by atoms with Gasteiger partial charge in [-0.1, -0.05) is 11.6 Å². The molecular weight excluding hydrogens is 218 g/mol. The topological polar surface area (TPSA) is 26.0 Å². The van der Waals surface area contributed by atoms with Gasteiger partial charge in [-0.25, -0.2) is 0 Å². The molecule has 2 N–H and O–H groups in total. The van der Waals surface area contributed by atoms with Crippen molar-refractivity contribution in [1.82, 2.24) is 0 Å². The van der Waals surface area contributed by atoms with Gasteiger partial charge in [-0.3, -0.25) is 0 Å². The lowest BCUT2D eigenvalue weighted by atomic mass is 9.97. The predicted octanol–water partition coefficient (Wildman–Crippen LogP) is 3.25. The molecule has 2 aliphatic rings. The van der Waals surface area contributed by atoms with Crippen molar-refractivity contribution in [2.24, 2.45) is 5.73 Å². The first-order valence-electron chi connectivity index (χ1n) is 6.25. The van der Waals surface area contributed by atoms with Gasteiger partial charge in [0.25, 0.3) is 0 Å². The number of aryl methyl sites for hydroxylation is 2. The molecule has 0 bridgehead atoms. The van der Waals surface area contributed by atoms with Crippen LogP contribution < -0.4 is 5.73 Å². The lowest BCUT2D eigenvalue weighted by Gasteiger charge is -2.12. The molecular formula is C14H18ClN. The summed E-state index contributed by atoms with van der Waals surface area (Å²) in [6.07, 6.45) is 8.37. The molecule has 3 rings (SSSR count). The van der Waals surface area contributed by atoms with Crippen LogP contribution in [0.5, 0.6) is 0 Å². The van der Waals surface area contributed by atoms with Crippen molar-refractivity contribution in [2.45, 2.75) is 50.5 Å². The van der Waals surface area contributed by atoms with Crippen LogP contribution in [-0.2, 0) is 19.3 Å². The summed E-state index contributed by atoms with van der Waals surface area (Å²) >= 11 is 6.16. The Morgan fingerprint density at radius 2 is 2.06 bits per heavy atom. The summed E-state index contributed by atoms with van der Waals surface area (Å²) in [5.41, 5.74) is 10.8. The van der Waals surface area contributed by atoms with E-state index < -0.39 is 0 Å². The standard InChI is InChI=1S/C14H18ClN/c15-12-8-10-2-1-3-13(10)11(9-12)4-5-14(16)6-7-14/h8-9H,1-7,16H2. The molecule has 0 saturated heterocycles. The van der Waals surface area contributed by atoms with E-state index in [0.717, 1.165) is 17.9 Å². The largest absolute Gasteiger partial charge is 0.325 e. The van der Waals surface area contributed by atoms with E-state index in [4.69, 9.17) is 17.3 Å². The molecule has 2 aliphatic carbocycles. The Labute approximate surface area is 102 Å². The molecule has 0 unspecified atom stereocenters. The minimum Gasteiger partial charge on any atom is -0.325 e. The molecule has 0 radical (unpaired) electrons. The maximum Gasteiger partial charge on any atom is 0.0411 e.